The summed E-state index contributed by atoms with van der Waals surface area (Å²) in [6.07, 6.45) is 91.0. The van der Waals surface area contributed by atoms with Gasteiger partial charge in [0.15, 0.2) is 0 Å². The van der Waals surface area contributed by atoms with Crippen molar-refractivity contribution in [2.75, 3.05) is 13.2 Å². The van der Waals surface area contributed by atoms with Crippen LogP contribution in [0.4, 0.5) is 0 Å². The largest absolute Gasteiger partial charge is 0.466 e. The van der Waals surface area contributed by atoms with Crippen LogP contribution in [0.15, 0.2) is 24.3 Å². The lowest BCUT2D eigenvalue weighted by atomic mass is 10.0. The summed E-state index contributed by atoms with van der Waals surface area (Å²) in [6, 6.07) is -0.539. The number of aliphatic hydroxyl groups is 2. The molecule has 0 aromatic rings. The number of hydrogen-bond donors (Lipinski definition) is 3. The van der Waals surface area contributed by atoms with E-state index in [1.165, 1.54) is 340 Å². The van der Waals surface area contributed by atoms with E-state index in [0.717, 1.165) is 51.4 Å². The van der Waals surface area contributed by atoms with Crippen LogP contribution in [0.2, 0.25) is 0 Å². The lowest BCUT2D eigenvalue weighted by molar-refractivity contribution is -0.143. The monoisotopic (exact) mass is 1150 g/mol. The van der Waals surface area contributed by atoms with Gasteiger partial charge in [0, 0.05) is 12.8 Å². The number of allylic oxidation sites excluding steroid dienone is 4. The Kier molecular flexibility index (Phi) is 70.4. The summed E-state index contributed by atoms with van der Waals surface area (Å²) in [7, 11) is 0. The van der Waals surface area contributed by atoms with Crippen LogP contribution >= 0.6 is 0 Å². The predicted molar refractivity (Wildman–Crippen MR) is 361 cm³/mol. The third-order valence-corrected chi connectivity index (χ3v) is 17.8. The number of rotatable bonds is 71. The fourth-order valence-corrected chi connectivity index (χ4v) is 12.0. The number of amides is 1. The molecule has 2 unspecified atom stereocenters. The van der Waals surface area contributed by atoms with Gasteiger partial charge in [-0.3, -0.25) is 9.59 Å². The van der Waals surface area contributed by atoms with Gasteiger partial charge in [0.25, 0.3) is 0 Å². The molecular weight excluding hydrogens is 1010 g/mol. The number of carbonyl (C=O) groups is 2. The zero-order valence-electron chi connectivity index (χ0n) is 55.8. The highest BCUT2D eigenvalue weighted by atomic mass is 16.5. The van der Waals surface area contributed by atoms with Gasteiger partial charge in [-0.15, -0.1) is 0 Å². The molecule has 0 aromatic carbocycles. The van der Waals surface area contributed by atoms with Gasteiger partial charge in [-0.25, -0.2) is 0 Å². The van der Waals surface area contributed by atoms with E-state index in [2.05, 4.69) is 43.5 Å². The van der Waals surface area contributed by atoms with Crippen molar-refractivity contribution < 1.29 is 24.5 Å². The highest BCUT2D eigenvalue weighted by molar-refractivity contribution is 5.76. The van der Waals surface area contributed by atoms with Crippen LogP contribution in [-0.4, -0.2) is 47.4 Å². The second kappa shape index (κ2) is 71.8. The van der Waals surface area contributed by atoms with E-state index in [9.17, 15) is 19.8 Å². The molecule has 0 rings (SSSR count). The molecule has 0 bridgehead atoms. The number of aliphatic hydroxyl groups excluding tert-OH is 2. The van der Waals surface area contributed by atoms with Crippen molar-refractivity contribution in [3.63, 3.8) is 0 Å². The maximum absolute atomic E-state index is 12.6. The molecule has 486 valence electrons. The second-order valence-electron chi connectivity index (χ2n) is 26.0. The lowest BCUT2D eigenvalue weighted by Crippen LogP contribution is -2.45. The Morgan fingerprint density at radius 2 is 0.610 bits per heavy atom. The molecule has 0 spiro atoms. The second-order valence-corrected chi connectivity index (χ2v) is 26.0. The van der Waals surface area contributed by atoms with Crippen LogP contribution < -0.4 is 5.32 Å². The predicted octanol–water partition coefficient (Wildman–Crippen LogP) is 24.5. The minimum atomic E-state index is -0.663. The fraction of sp³-hybridized carbons (Fsp3) is 0.921. The van der Waals surface area contributed by atoms with Crippen LogP contribution in [0.5, 0.6) is 0 Å². The summed E-state index contributed by atoms with van der Waals surface area (Å²) in [6.45, 7) is 4.98. The van der Waals surface area contributed by atoms with Crippen molar-refractivity contribution in [1.29, 1.82) is 0 Å². The van der Waals surface area contributed by atoms with Crippen LogP contribution in [0, 0.1) is 0 Å². The standard InChI is InChI=1S/C76H147NO5/c1-3-5-7-9-11-13-15-17-19-21-22-34-37-40-44-48-52-56-60-64-68-74(79)73(72-78)77-75(80)69-65-61-57-53-49-45-41-38-35-32-30-28-26-24-23-25-27-29-31-33-36-39-43-47-51-55-59-63-67-71-82-76(81)70-66-62-58-54-50-46-42-20-18-16-14-12-10-8-6-4-2/h14,16,20,42,73-74,78-79H,3-13,15,17-19,21-41,43-72H2,1-2H3,(H,77,80)/b16-14-,42-20-. The van der Waals surface area contributed by atoms with Crippen molar-refractivity contribution >= 4 is 11.9 Å². The number of hydrogen-bond acceptors (Lipinski definition) is 5. The molecule has 1 amide bonds. The van der Waals surface area contributed by atoms with Gasteiger partial charge in [0.05, 0.1) is 25.4 Å². The van der Waals surface area contributed by atoms with Crippen molar-refractivity contribution in [3.8, 4) is 0 Å². The molecule has 0 saturated heterocycles. The summed E-state index contributed by atoms with van der Waals surface area (Å²) >= 11 is 0. The third kappa shape index (κ3) is 67.5. The van der Waals surface area contributed by atoms with Gasteiger partial charge in [0.1, 0.15) is 0 Å². The molecule has 6 nitrogen and oxygen atoms in total. The van der Waals surface area contributed by atoms with Crippen LogP contribution in [0.3, 0.4) is 0 Å². The first kappa shape index (κ1) is 80.3. The van der Waals surface area contributed by atoms with Gasteiger partial charge < -0.3 is 20.3 Å². The number of carbonyl (C=O) groups excluding carboxylic acids is 2. The highest BCUT2D eigenvalue weighted by Gasteiger charge is 2.20. The molecule has 0 saturated carbocycles. The van der Waals surface area contributed by atoms with E-state index in [1.54, 1.807) is 0 Å². The first-order valence-electron chi connectivity index (χ1n) is 37.6. The number of esters is 1. The summed E-state index contributed by atoms with van der Waals surface area (Å²) in [5.41, 5.74) is 0. The Balaban J connectivity index is 3.34. The Morgan fingerprint density at radius 3 is 0.939 bits per heavy atom. The van der Waals surface area contributed by atoms with E-state index >= 15 is 0 Å². The van der Waals surface area contributed by atoms with Crippen LogP contribution in [0.1, 0.15) is 425 Å². The Bertz CT molecular complexity index is 1280. The Hall–Kier alpha value is -1.66. The summed E-state index contributed by atoms with van der Waals surface area (Å²) in [5.74, 6) is -0.0199. The van der Waals surface area contributed by atoms with Crippen molar-refractivity contribution in [1.82, 2.24) is 5.32 Å². The summed E-state index contributed by atoms with van der Waals surface area (Å²) in [4.78, 5) is 24.6. The molecule has 2 atom stereocenters. The zero-order valence-corrected chi connectivity index (χ0v) is 55.8. The molecule has 6 heteroatoms. The smallest absolute Gasteiger partial charge is 0.305 e. The maximum Gasteiger partial charge on any atom is 0.305 e. The lowest BCUT2D eigenvalue weighted by Gasteiger charge is -2.22. The first-order chi connectivity index (χ1) is 40.5. The minimum absolute atomic E-state index is 0.00689. The first-order valence-corrected chi connectivity index (χ1v) is 37.6. The Labute approximate surface area is 513 Å². The van der Waals surface area contributed by atoms with Crippen LogP contribution in [-0.2, 0) is 14.3 Å². The van der Waals surface area contributed by atoms with E-state index in [0.29, 0.717) is 25.9 Å². The molecular formula is C76H147NO5. The van der Waals surface area contributed by atoms with E-state index in [-0.39, 0.29) is 18.5 Å². The molecule has 3 N–H and O–H groups in total. The topological polar surface area (TPSA) is 95.9 Å². The SMILES string of the molecule is CCCCCC/C=C\C/C=C\CCCCCCCC(=O)OCCCCCCCCCCCCCCCCCCCCCCCCCCCCCCCC(=O)NC(CO)C(O)CCCCCCCCCCCCCCCCCCCCCC. The molecule has 0 radical (unpaired) electrons. The van der Waals surface area contributed by atoms with Crippen molar-refractivity contribution in [2.24, 2.45) is 0 Å². The quantitative estimate of drug-likeness (QED) is 0.0320. The molecule has 82 heavy (non-hydrogen) atoms. The average molecular weight is 1160 g/mol. The fourth-order valence-electron chi connectivity index (χ4n) is 12.0. The normalized spacial score (nSPS) is 12.6. The third-order valence-electron chi connectivity index (χ3n) is 17.8. The summed E-state index contributed by atoms with van der Waals surface area (Å²) < 4.78 is 5.50. The molecule has 0 aromatic heterocycles. The van der Waals surface area contributed by atoms with Gasteiger partial charge >= 0.3 is 5.97 Å². The van der Waals surface area contributed by atoms with E-state index in [1.807, 2.05) is 0 Å². The van der Waals surface area contributed by atoms with Crippen LogP contribution in [0.25, 0.3) is 0 Å². The van der Waals surface area contributed by atoms with Gasteiger partial charge in [-0.1, -0.05) is 378 Å². The number of ether oxygens (including phenoxy) is 1. The molecule has 0 fully saturated rings. The molecule has 0 aliphatic rings. The molecule has 0 aliphatic heterocycles. The highest BCUT2D eigenvalue weighted by Crippen LogP contribution is 2.20. The van der Waals surface area contributed by atoms with Crippen molar-refractivity contribution in [3.05, 3.63) is 24.3 Å². The van der Waals surface area contributed by atoms with E-state index < -0.39 is 12.1 Å². The van der Waals surface area contributed by atoms with Crippen molar-refractivity contribution in [2.45, 2.75) is 437 Å². The minimum Gasteiger partial charge on any atom is -0.466 e. The van der Waals surface area contributed by atoms with Gasteiger partial charge in [0.2, 0.25) is 5.91 Å². The summed E-state index contributed by atoms with van der Waals surface area (Å²) in [5, 5.41) is 23.4. The Morgan fingerprint density at radius 1 is 0.341 bits per heavy atom. The molecule has 0 aliphatic carbocycles. The average Bonchev–Trinajstić information content (AvgIpc) is 3.48. The zero-order chi connectivity index (χ0) is 59.2. The molecule has 0 heterocycles. The number of unbranched alkanes of at least 4 members (excludes halogenated alkanes) is 56. The van der Waals surface area contributed by atoms with Gasteiger partial charge in [-0.2, -0.15) is 0 Å². The van der Waals surface area contributed by atoms with Gasteiger partial charge in [-0.05, 0) is 57.8 Å². The van der Waals surface area contributed by atoms with E-state index in [4.69, 9.17) is 4.74 Å². The maximum atomic E-state index is 12.6. The number of nitrogens with one attached hydrogen (secondary N) is 1.